The monoisotopic (exact) mass is 469 g/mol. The van der Waals surface area contributed by atoms with Gasteiger partial charge in [0.2, 0.25) is 5.91 Å². The van der Waals surface area contributed by atoms with Crippen molar-refractivity contribution in [2.45, 2.75) is 50.7 Å². The standard InChI is InChI=1S/C24H39N9O/c1-16(18-11-10-17-6-2-3-7-19(17)14-18)32-15-20(8-4-12-30-23(26)27)33-22(34)21(25)9-5-13-31-24(28)29/h2-3,6-7,10-11,14,16,20-21,32H,4-5,8-9,12-13,15,25H2,1H3,(H,33,34)(H4,26,27,30)(H4,28,29,31)/t16-,20-,21-/m0/s1. The van der Waals surface area contributed by atoms with Gasteiger partial charge in [-0.15, -0.1) is 0 Å². The Morgan fingerprint density at radius 3 is 2.18 bits per heavy atom. The van der Waals surface area contributed by atoms with Gasteiger partial charge in [-0.3, -0.25) is 14.8 Å². The molecule has 0 bridgehead atoms. The molecule has 0 aromatic heterocycles. The SMILES string of the molecule is C[C@H](NC[C@H](CCCN=C(N)N)NC(=O)[C@@H](N)CCCN=C(N)N)c1ccc2ccccc2c1. The van der Waals surface area contributed by atoms with Gasteiger partial charge in [0, 0.05) is 31.7 Å². The number of carbonyl (C=O) groups excluding carboxylic acids is 1. The summed E-state index contributed by atoms with van der Waals surface area (Å²) in [6.45, 7) is 3.63. The second kappa shape index (κ2) is 14.0. The van der Waals surface area contributed by atoms with Crippen LogP contribution in [0.1, 0.15) is 44.2 Å². The van der Waals surface area contributed by atoms with Crippen LogP contribution >= 0.6 is 0 Å². The van der Waals surface area contributed by atoms with Crippen LogP contribution in [0.4, 0.5) is 0 Å². The minimum Gasteiger partial charge on any atom is -0.370 e. The van der Waals surface area contributed by atoms with E-state index in [0.29, 0.717) is 38.9 Å². The van der Waals surface area contributed by atoms with E-state index in [4.69, 9.17) is 28.7 Å². The number of nitrogens with one attached hydrogen (secondary N) is 2. The Hall–Kier alpha value is -3.37. The van der Waals surface area contributed by atoms with Gasteiger partial charge < -0.3 is 39.3 Å². The van der Waals surface area contributed by atoms with Crippen LogP contribution in [0.3, 0.4) is 0 Å². The molecule has 0 spiro atoms. The van der Waals surface area contributed by atoms with Crippen LogP contribution < -0.4 is 39.3 Å². The number of amides is 1. The molecule has 3 atom stereocenters. The van der Waals surface area contributed by atoms with Gasteiger partial charge in [0.25, 0.3) is 0 Å². The fraction of sp³-hybridized carbons (Fsp3) is 0.458. The third-order valence-corrected chi connectivity index (χ3v) is 5.60. The molecular weight excluding hydrogens is 430 g/mol. The smallest absolute Gasteiger partial charge is 0.237 e. The van der Waals surface area contributed by atoms with Crippen LogP contribution in [0.2, 0.25) is 0 Å². The summed E-state index contributed by atoms with van der Waals surface area (Å²) in [6, 6.07) is 14.1. The first kappa shape index (κ1) is 26.9. The molecule has 10 nitrogen and oxygen atoms in total. The quantitative estimate of drug-likeness (QED) is 0.118. The largest absolute Gasteiger partial charge is 0.370 e. The van der Waals surface area contributed by atoms with Gasteiger partial charge in [-0.2, -0.15) is 0 Å². The zero-order valence-corrected chi connectivity index (χ0v) is 19.9. The number of aliphatic imine (C=N–C) groups is 2. The molecule has 0 saturated carbocycles. The van der Waals surface area contributed by atoms with E-state index in [9.17, 15) is 4.79 Å². The van der Waals surface area contributed by atoms with E-state index in [-0.39, 0.29) is 29.9 Å². The number of hydrogen-bond donors (Lipinski definition) is 7. The molecule has 0 saturated heterocycles. The number of guanidine groups is 2. The molecule has 34 heavy (non-hydrogen) atoms. The summed E-state index contributed by atoms with van der Waals surface area (Å²) >= 11 is 0. The van der Waals surface area contributed by atoms with Crippen molar-refractivity contribution in [2.24, 2.45) is 38.7 Å². The first-order valence-corrected chi connectivity index (χ1v) is 11.6. The fourth-order valence-corrected chi connectivity index (χ4v) is 3.64. The maximum atomic E-state index is 12.7. The molecule has 0 aliphatic heterocycles. The summed E-state index contributed by atoms with van der Waals surface area (Å²) in [5, 5.41) is 9.01. The van der Waals surface area contributed by atoms with Crippen molar-refractivity contribution < 1.29 is 4.79 Å². The van der Waals surface area contributed by atoms with Crippen LogP contribution in [0.15, 0.2) is 52.4 Å². The van der Waals surface area contributed by atoms with Crippen LogP contribution in [-0.2, 0) is 4.79 Å². The Balaban J connectivity index is 1.94. The van der Waals surface area contributed by atoms with Crippen LogP contribution in [0.25, 0.3) is 10.8 Å². The van der Waals surface area contributed by atoms with Crippen LogP contribution in [0.5, 0.6) is 0 Å². The number of nitrogens with two attached hydrogens (primary N) is 5. The summed E-state index contributed by atoms with van der Waals surface area (Å²) in [5.74, 6) is -0.103. The van der Waals surface area contributed by atoms with E-state index >= 15 is 0 Å². The van der Waals surface area contributed by atoms with Gasteiger partial charge in [-0.25, -0.2) is 0 Å². The fourth-order valence-electron chi connectivity index (χ4n) is 3.64. The normalized spacial score (nSPS) is 13.6. The zero-order valence-electron chi connectivity index (χ0n) is 19.9. The molecule has 0 fully saturated rings. The highest BCUT2D eigenvalue weighted by atomic mass is 16.2. The van der Waals surface area contributed by atoms with Crippen molar-refractivity contribution in [3.05, 3.63) is 48.0 Å². The molecule has 186 valence electrons. The van der Waals surface area contributed by atoms with Crippen LogP contribution in [-0.4, -0.2) is 49.5 Å². The van der Waals surface area contributed by atoms with Crippen molar-refractivity contribution in [3.8, 4) is 0 Å². The van der Waals surface area contributed by atoms with Gasteiger partial charge in [0.1, 0.15) is 0 Å². The van der Waals surface area contributed by atoms with E-state index in [1.165, 1.54) is 16.3 Å². The van der Waals surface area contributed by atoms with Crippen molar-refractivity contribution >= 4 is 28.6 Å². The summed E-state index contributed by atoms with van der Waals surface area (Å²) in [7, 11) is 0. The Kier molecular flexibility index (Phi) is 11.1. The van der Waals surface area contributed by atoms with E-state index in [1.54, 1.807) is 0 Å². The lowest BCUT2D eigenvalue weighted by atomic mass is 10.0. The topological polar surface area (TPSA) is 196 Å². The molecule has 0 unspecified atom stereocenters. The predicted octanol–water partition coefficient (Wildman–Crippen LogP) is 0.410. The predicted molar refractivity (Wildman–Crippen MR) is 140 cm³/mol. The van der Waals surface area contributed by atoms with Crippen molar-refractivity contribution in [1.82, 2.24) is 10.6 Å². The number of rotatable bonds is 14. The highest BCUT2D eigenvalue weighted by Crippen LogP contribution is 2.20. The molecule has 0 radical (unpaired) electrons. The summed E-state index contributed by atoms with van der Waals surface area (Å²) in [6.07, 6.45) is 2.55. The van der Waals surface area contributed by atoms with E-state index in [1.807, 2.05) is 12.1 Å². The number of carbonyl (C=O) groups is 1. The van der Waals surface area contributed by atoms with Gasteiger partial charge in [-0.1, -0.05) is 36.4 Å². The van der Waals surface area contributed by atoms with E-state index in [0.717, 1.165) is 6.42 Å². The van der Waals surface area contributed by atoms with E-state index < -0.39 is 6.04 Å². The molecule has 2 aromatic rings. The number of nitrogens with zero attached hydrogens (tertiary/aromatic N) is 2. The maximum absolute atomic E-state index is 12.7. The molecule has 2 aromatic carbocycles. The average Bonchev–Trinajstić information content (AvgIpc) is 2.81. The lowest BCUT2D eigenvalue weighted by Crippen LogP contribution is -2.49. The number of fused-ring (bicyclic) bond motifs is 1. The average molecular weight is 470 g/mol. The minimum absolute atomic E-state index is 0.0328. The zero-order chi connectivity index (χ0) is 24.9. The Bertz CT molecular complexity index is 968. The number of hydrogen-bond acceptors (Lipinski definition) is 5. The van der Waals surface area contributed by atoms with Crippen LogP contribution in [0, 0.1) is 0 Å². The van der Waals surface area contributed by atoms with Gasteiger partial charge in [0.05, 0.1) is 6.04 Å². The highest BCUT2D eigenvalue weighted by Gasteiger charge is 2.19. The van der Waals surface area contributed by atoms with Gasteiger partial charge in [0.15, 0.2) is 11.9 Å². The van der Waals surface area contributed by atoms with Gasteiger partial charge in [-0.05, 0) is 55.0 Å². The minimum atomic E-state index is -0.632. The molecule has 10 heteroatoms. The Morgan fingerprint density at radius 2 is 1.53 bits per heavy atom. The van der Waals surface area contributed by atoms with E-state index in [2.05, 4.69) is 57.9 Å². The molecule has 2 rings (SSSR count). The second-order valence-electron chi connectivity index (χ2n) is 8.45. The third-order valence-electron chi connectivity index (χ3n) is 5.60. The highest BCUT2D eigenvalue weighted by molar-refractivity contribution is 5.83. The lowest BCUT2D eigenvalue weighted by molar-refractivity contribution is -0.123. The van der Waals surface area contributed by atoms with Crippen molar-refractivity contribution in [3.63, 3.8) is 0 Å². The molecule has 0 aliphatic rings. The third kappa shape index (κ3) is 9.63. The Labute approximate surface area is 201 Å². The second-order valence-corrected chi connectivity index (χ2v) is 8.45. The Morgan fingerprint density at radius 1 is 0.912 bits per heavy atom. The van der Waals surface area contributed by atoms with Crippen molar-refractivity contribution in [2.75, 3.05) is 19.6 Å². The summed E-state index contributed by atoms with van der Waals surface area (Å²) in [5.41, 5.74) is 28.7. The first-order chi connectivity index (χ1) is 16.3. The maximum Gasteiger partial charge on any atom is 0.237 e. The molecular formula is C24H39N9O. The summed E-state index contributed by atoms with van der Waals surface area (Å²) < 4.78 is 0. The van der Waals surface area contributed by atoms with Crippen molar-refractivity contribution in [1.29, 1.82) is 0 Å². The number of benzene rings is 2. The molecule has 0 aliphatic carbocycles. The summed E-state index contributed by atoms with van der Waals surface area (Å²) in [4.78, 5) is 20.6. The lowest BCUT2D eigenvalue weighted by Gasteiger charge is -2.24. The molecule has 0 heterocycles. The first-order valence-electron chi connectivity index (χ1n) is 11.6. The molecule has 12 N–H and O–H groups in total. The van der Waals surface area contributed by atoms with Gasteiger partial charge >= 0.3 is 0 Å². The molecule has 1 amide bonds.